The quantitative estimate of drug-likeness (QED) is 0.104. The smallest absolute Gasteiger partial charge is 0.409 e. The summed E-state index contributed by atoms with van der Waals surface area (Å²) in [7, 11) is 6.05. The summed E-state index contributed by atoms with van der Waals surface area (Å²) in [4.78, 5) is 16.0. The Morgan fingerprint density at radius 1 is 0.807 bits per heavy atom. The van der Waals surface area contributed by atoms with E-state index >= 15 is 0 Å². The Kier molecular flexibility index (Phi) is 10.5. The molecule has 2 aromatic heterocycles. The largest absolute Gasteiger partial charge is 0.508 e. The molecule has 0 aliphatic carbocycles. The first kappa shape index (κ1) is 38.3. The lowest BCUT2D eigenvalue weighted by Crippen LogP contribution is -2.57. The summed E-state index contributed by atoms with van der Waals surface area (Å²) in [6, 6.07) is 20.3. The van der Waals surface area contributed by atoms with Gasteiger partial charge in [-0.3, -0.25) is 4.90 Å². The van der Waals surface area contributed by atoms with Crippen molar-refractivity contribution < 1.29 is 48.7 Å². The highest BCUT2D eigenvalue weighted by Crippen LogP contribution is 2.46. The van der Waals surface area contributed by atoms with Gasteiger partial charge in [0.1, 0.15) is 11.5 Å². The fourth-order valence-corrected chi connectivity index (χ4v) is 7.35. The Hall–Kier alpha value is -6.94. The number of rotatable bonds is 11. The molecule has 296 valence electrons. The van der Waals surface area contributed by atoms with Crippen molar-refractivity contribution in [1.29, 1.82) is 0 Å². The average molecular weight is 779 g/mol. The molecule has 16 nitrogen and oxygen atoms in total. The van der Waals surface area contributed by atoms with Crippen LogP contribution in [0.15, 0.2) is 83.5 Å². The monoisotopic (exact) mass is 778 g/mol. The SMILES string of the molecule is COc1cc(-c2oncc2-c2ccccc2C2CN(C(=O)O)C(OC)CN2c2ccc(-n3c(O)nnc3-c3cc(C(C)C)c(O)cc3O)cc2)cc(OC)c1OC. The lowest BCUT2D eigenvalue weighted by Gasteiger charge is -2.46. The summed E-state index contributed by atoms with van der Waals surface area (Å²) in [6.45, 7) is 4.04. The van der Waals surface area contributed by atoms with Crippen molar-refractivity contribution in [2.24, 2.45) is 0 Å². The van der Waals surface area contributed by atoms with Crippen LogP contribution < -0.4 is 19.1 Å². The zero-order valence-corrected chi connectivity index (χ0v) is 32.1. The number of aromatic hydroxyl groups is 3. The highest BCUT2D eigenvalue weighted by Gasteiger charge is 2.39. The number of hydrogen-bond donors (Lipinski definition) is 4. The summed E-state index contributed by atoms with van der Waals surface area (Å²) < 4.78 is 29.7. The molecule has 0 spiro atoms. The molecular weight excluding hydrogens is 736 g/mol. The summed E-state index contributed by atoms with van der Waals surface area (Å²) in [6.07, 6.45) is -0.306. The molecule has 4 N–H and O–H groups in total. The van der Waals surface area contributed by atoms with E-state index in [0.717, 1.165) is 16.8 Å². The minimum absolute atomic E-state index is 0.0477. The maximum absolute atomic E-state index is 12.6. The van der Waals surface area contributed by atoms with Crippen molar-refractivity contribution in [3.05, 3.63) is 90.1 Å². The van der Waals surface area contributed by atoms with E-state index in [1.165, 1.54) is 44.0 Å². The Morgan fingerprint density at radius 3 is 2.12 bits per heavy atom. The molecule has 4 aromatic carbocycles. The molecule has 3 heterocycles. The molecule has 0 radical (unpaired) electrons. The molecule has 1 amide bonds. The van der Waals surface area contributed by atoms with Crippen LogP contribution >= 0.6 is 0 Å². The second-order valence-corrected chi connectivity index (χ2v) is 13.6. The number of nitrogens with zero attached hydrogens (tertiary/aromatic N) is 6. The predicted octanol–water partition coefficient (Wildman–Crippen LogP) is 7.04. The van der Waals surface area contributed by atoms with E-state index in [9.17, 15) is 25.2 Å². The number of piperazine rings is 1. The molecule has 7 rings (SSSR count). The van der Waals surface area contributed by atoms with Gasteiger partial charge in [-0.15, -0.1) is 5.10 Å². The van der Waals surface area contributed by atoms with Crippen LogP contribution in [-0.4, -0.2) is 99.1 Å². The number of phenols is 2. The minimum Gasteiger partial charge on any atom is -0.508 e. The number of hydrogen-bond acceptors (Lipinski definition) is 13. The standard InChI is InChI=1S/C41H42N6O10/c1-22(2)28-17-29(33(49)18-32(28)48)39-43-44-40(50)47(39)25-13-11-24(12-14-25)45-21-36(55-5)46(41(51)52)20-31(45)27-10-8-7-9-26(27)30-19-42-57-37(30)23-15-34(53-3)38(56-6)35(16-23)54-4/h7-19,22,31,36,48-49H,20-21H2,1-6H3,(H,44,50)(H,51,52). The lowest BCUT2D eigenvalue weighted by molar-refractivity contribution is -0.0339. The number of carbonyl (C=O) groups is 1. The van der Waals surface area contributed by atoms with Crippen molar-refractivity contribution in [3.63, 3.8) is 0 Å². The number of ether oxygens (including phenoxy) is 4. The van der Waals surface area contributed by atoms with Crippen molar-refractivity contribution >= 4 is 11.8 Å². The molecule has 2 atom stereocenters. The fourth-order valence-electron chi connectivity index (χ4n) is 7.35. The van der Waals surface area contributed by atoms with Crippen molar-refractivity contribution in [2.75, 3.05) is 46.4 Å². The van der Waals surface area contributed by atoms with E-state index in [2.05, 4.69) is 20.3 Å². The first-order chi connectivity index (χ1) is 27.5. The van der Waals surface area contributed by atoms with Crippen LogP contribution in [-0.2, 0) is 4.74 Å². The minimum atomic E-state index is -1.13. The van der Waals surface area contributed by atoms with Gasteiger partial charge in [0.2, 0.25) is 5.75 Å². The van der Waals surface area contributed by atoms with E-state index in [1.54, 1.807) is 36.5 Å². The van der Waals surface area contributed by atoms with E-state index in [0.29, 0.717) is 45.4 Å². The molecule has 0 bridgehead atoms. The van der Waals surface area contributed by atoms with Gasteiger partial charge in [-0.1, -0.05) is 48.4 Å². The van der Waals surface area contributed by atoms with Gasteiger partial charge in [-0.2, -0.15) is 0 Å². The van der Waals surface area contributed by atoms with Gasteiger partial charge in [0.25, 0.3) is 0 Å². The second-order valence-electron chi connectivity index (χ2n) is 13.6. The Labute approximate surface area is 327 Å². The molecular formula is C41H42N6O10. The normalized spacial score (nSPS) is 15.6. The van der Waals surface area contributed by atoms with Gasteiger partial charge in [0.05, 0.1) is 57.9 Å². The van der Waals surface area contributed by atoms with Crippen LogP contribution in [0.3, 0.4) is 0 Å². The van der Waals surface area contributed by atoms with Crippen molar-refractivity contribution in [3.8, 4) is 74.3 Å². The van der Waals surface area contributed by atoms with E-state index in [-0.39, 0.29) is 41.9 Å². The summed E-state index contributed by atoms with van der Waals surface area (Å²) in [5, 5.41) is 54.7. The topological polar surface area (TPSA) is 198 Å². The van der Waals surface area contributed by atoms with Gasteiger partial charge < -0.3 is 48.8 Å². The highest BCUT2D eigenvalue weighted by atomic mass is 16.5. The van der Waals surface area contributed by atoms with E-state index in [4.69, 9.17) is 23.5 Å². The van der Waals surface area contributed by atoms with Gasteiger partial charge >= 0.3 is 12.1 Å². The number of aromatic nitrogens is 4. The van der Waals surface area contributed by atoms with Crippen molar-refractivity contribution in [2.45, 2.75) is 32.0 Å². The molecule has 2 unspecified atom stereocenters. The number of anilines is 1. The Balaban J connectivity index is 1.31. The maximum Gasteiger partial charge on any atom is 0.409 e. The number of methoxy groups -OCH3 is 4. The molecule has 1 fully saturated rings. The van der Waals surface area contributed by atoms with Crippen LogP contribution in [0.4, 0.5) is 10.5 Å². The van der Waals surface area contributed by atoms with E-state index in [1.807, 2.05) is 50.2 Å². The average Bonchev–Trinajstić information content (AvgIpc) is 3.86. The summed E-state index contributed by atoms with van der Waals surface area (Å²) in [5.74, 6) is 1.53. The third-order valence-corrected chi connectivity index (χ3v) is 10.2. The van der Waals surface area contributed by atoms with E-state index < -0.39 is 24.4 Å². The van der Waals surface area contributed by atoms with Gasteiger partial charge in [0, 0.05) is 30.0 Å². The third kappa shape index (κ3) is 6.95. The van der Waals surface area contributed by atoms with Crippen LogP contribution in [0.2, 0.25) is 0 Å². The first-order valence-corrected chi connectivity index (χ1v) is 17.9. The van der Waals surface area contributed by atoms with Crippen LogP contribution in [0.5, 0.6) is 34.8 Å². The van der Waals surface area contributed by atoms with Crippen LogP contribution in [0.1, 0.15) is 36.9 Å². The molecule has 57 heavy (non-hydrogen) atoms. The number of benzene rings is 4. The summed E-state index contributed by atoms with van der Waals surface area (Å²) in [5.41, 5.74) is 4.89. The van der Waals surface area contributed by atoms with Gasteiger partial charge in [-0.25, -0.2) is 9.36 Å². The zero-order chi connectivity index (χ0) is 40.5. The molecule has 16 heteroatoms. The maximum atomic E-state index is 12.6. The fraction of sp³-hybridized carbons (Fsp3) is 0.268. The van der Waals surface area contributed by atoms with Gasteiger partial charge in [0.15, 0.2) is 29.3 Å². The first-order valence-electron chi connectivity index (χ1n) is 17.9. The molecule has 1 aliphatic heterocycles. The van der Waals surface area contributed by atoms with Gasteiger partial charge in [-0.05, 0) is 65.1 Å². The number of amides is 1. The van der Waals surface area contributed by atoms with Crippen LogP contribution in [0.25, 0.3) is 39.5 Å². The molecule has 6 aromatic rings. The highest BCUT2D eigenvalue weighted by molar-refractivity contribution is 5.83. The summed E-state index contributed by atoms with van der Waals surface area (Å²) >= 11 is 0. The van der Waals surface area contributed by atoms with Crippen LogP contribution in [0, 0.1) is 0 Å². The third-order valence-electron chi connectivity index (χ3n) is 10.2. The molecule has 1 saturated heterocycles. The Morgan fingerprint density at radius 2 is 1.49 bits per heavy atom. The molecule has 0 saturated carbocycles. The second kappa shape index (κ2) is 15.7. The molecule has 1 aliphatic rings. The number of carboxylic acid groups (broad SMARTS) is 1. The lowest BCUT2D eigenvalue weighted by atomic mass is 9.91. The van der Waals surface area contributed by atoms with Crippen molar-refractivity contribution in [1.82, 2.24) is 24.8 Å². The zero-order valence-electron chi connectivity index (χ0n) is 32.1. The number of phenolic OH excluding ortho intramolecular Hbond substituents is 2. The Bertz CT molecular complexity index is 2380. The predicted molar refractivity (Wildman–Crippen MR) is 209 cm³/mol.